The second-order valence-electron chi connectivity index (χ2n) is 6.92. The molecule has 0 amide bonds. The molecule has 1 aliphatic carbocycles. The van der Waals surface area contributed by atoms with E-state index in [1.54, 1.807) is 18.2 Å². The van der Waals surface area contributed by atoms with Gasteiger partial charge in [0.15, 0.2) is 9.84 Å². The van der Waals surface area contributed by atoms with Crippen LogP contribution in [0.1, 0.15) is 43.6 Å². The minimum absolute atomic E-state index is 0.0361. The molecular formula is C18H19FN4O2S. The Morgan fingerprint density at radius 2 is 2.12 bits per heavy atom. The van der Waals surface area contributed by atoms with E-state index in [-0.39, 0.29) is 23.2 Å². The zero-order valence-electron chi connectivity index (χ0n) is 14.5. The van der Waals surface area contributed by atoms with Crippen molar-refractivity contribution in [1.29, 1.82) is 5.26 Å². The average molecular weight is 374 g/mol. The molecule has 0 spiro atoms. The van der Waals surface area contributed by atoms with Gasteiger partial charge in [0.1, 0.15) is 28.1 Å². The number of pyridine rings is 1. The molecule has 1 aromatic rings. The Hall–Kier alpha value is -2.53. The Bertz CT molecular complexity index is 987. The molecule has 0 radical (unpaired) electrons. The number of allylic oxidation sites excluding steroid dienone is 4. The standard InChI is InChI=1S/C18H19FN4O2S/c1-18(2)17(21)23-15(10-26(18,24)25)16-13(19)6-7-14(22-16)12-5-3-4-11(8-12)9-20/h3-7,12,15H,8,10H2,1-2H3,(H2,21,23)/t12?,15-/m0/s1. The third-order valence-electron chi connectivity index (χ3n) is 4.88. The maximum Gasteiger partial charge on any atom is 0.165 e. The van der Waals surface area contributed by atoms with Crippen molar-refractivity contribution in [2.45, 2.75) is 37.0 Å². The molecule has 1 aliphatic heterocycles. The number of rotatable bonds is 2. The van der Waals surface area contributed by atoms with Gasteiger partial charge in [-0.1, -0.05) is 12.2 Å². The van der Waals surface area contributed by atoms with Gasteiger partial charge in [-0.3, -0.25) is 9.98 Å². The Labute approximate surface area is 151 Å². The highest BCUT2D eigenvalue weighted by Gasteiger charge is 2.44. The van der Waals surface area contributed by atoms with Gasteiger partial charge in [0.25, 0.3) is 0 Å². The van der Waals surface area contributed by atoms with Crippen LogP contribution in [0.15, 0.2) is 40.9 Å². The first-order valence-electron chi connectivity index (χ1n) is 8.15. The molecule has 1 aromatic heterocycles. The van der Waals surface area contributed by atoms with E-state index in [4.69, 9.17) is 11.0 Å². The fraction of sp³-hybridized carbons (Fsp3) is 0.389. The van der Waals surface area contributed by atoms with Crippen LogP contribution in [0.25, 0.3) is 0 Å². The predicted molar refractivity (Wildman–Crippen MR) is 96.6 cm³/mol. The number of aromatic nitrogens is 1. The van der Waals surface area contributed by atoms with E-state index in [1.165, 1.54) is 19.9 Å². The first kappa shape index (κ1) is 18.3. The van der Waals surface area contributed by atoms with Crippen molar-refractivity contribution in [2.24, 2.45) is 10.7 Å². The Balaban J connectivity index is 2.00. The molecule has 2 aliphatic rings. The Morgan fingerprint density at radius 1 is 1.38 bits per heavy atom. The molecule has 0 aromatic carbocycles. The van der Waals surface area contributed by atoms with E-state index in [1.807, 2.05) is 6.08 Å². The second-order valence-corrected chi connectivity index (χ2v) is 9.51. The number of nitrogens with zero attached hydrogens (tertiary/aromatic N) is 3. The molecule has 0 saturated carbocycles. The average Bonchev–Trinajstić information content (AvgIpc) is 2.60. The number of sulfone groups is 1. The Kier molecular flexibility index (Phi) is 4.44. The van der Waals surface area contributed by atoms with Crippen LogP contribution in [0.4, 0.5) is 4.39 Å². The summed E-state index contributed by atoms with van der Waals surface area (Å²) in [6, 6.07) is 3.93. The van der Waals surface area contributed by atoms with Gasteiger partial charge < -0.3 is 5.73 Å². The van der Waals surface area contributed by atoms with E-state index >= 15 is 0 Å². The van der Waals surface area contributed by atoms with Crippen LogP contribution in [0.5, 0.6) is 0 Å². The van der Waals surface area contributed by atoms with Crippen LogP contribution in [0, 0.1) is 17.1 Å². The molecule has 0 saturated heterocycles. The zero-order chi connectivity index (χ0) is 19.1. The lowest BCUT2D eigenvalue weighted by molar-refractivity contribution is 0.542. The molecule has 136 valence electrons. The first-order valence-corrected chi connectivity index (χ1v) is 9.81. The summed E-state index contributed by atoms with van der Waals surface area (Å²) in [5.41, 5.74) is 6.98. The predicted octanol–water partition coefficient (Wildman–Crippen LogP) is 2.32. The Morgan fingerprint density at radius 3 is 2.77 bits per heavy atom. The zero-order valence-corrected chi connectivity index (χ0v) is 15.3. The minimum Gasteiger partial charge on any atom is -0.386 e. The van der Waals surface area contributed by atoms with E-state index in [0.29, 0.717) is 17.7 Å². The number of halogens is 1. The van der Waals surface area contributed by atoms with E-state index in [9.17, 15) is 12.8 Å². The van der Waals surface area contributed by atoms with Gasteiger partial charge in [-0.05, 0) is 38.5 Å². The topological polar surface area (TPSA) is 109 Å². The van der Waals surface area contributed by atoms with Crippen LogP contribution in [0.2, 0.25) is 0 Å². The van der Waals surface area contributed by atoms with Crippen LogP contribution in [-0.4, -0.2) is 29.7 Å². The lowest BCUT2D eigenvalue weighted by Gasteiger charge is -2.31. The highest BCUT2D eigenvalue weighted by atomic mass is 32.2. The summed E-state index contributed by atoms with van der Waals surface area (Å²) in [6.45, 7) is 2.97. The summed E-state index contributed by atoms with van der Waals surface area (Å²) < 4.78 is 38.1. The van der Waals surface area contributed by atoms with Gasteiger partial charge >= 0.3 is 0 Å². The summed E-state index contributed by atoms with van der Waals surface area (Å²) in [5.74, 6) is -1.20. The summed E-state index contributed by atoms with van der Waals surface area (Å²) in [7, 11) is -3.60. The molecule has 26 heavy (non-hydrogen) atoms. The maximum atomic E-state index is 14.4. The number of nitrogens with two attached hydrogens (primary N) is 1. The lowest BCUT2D eigenvalue weighted by atomic mass is 9.91. The maximum absolute atomic E-state index is 14.4. The number of hydrogen-bond acceptors (Lipinski definition) is 6. The molecule has 0 bridgehead atoms. The third-order valence-corrected chi connectivity index (χ3v) is 7.40. The number of nitriles is 1. The molecule has 0 fully saturated rings. The van der Waals surface area contributed by atoms with Crippen LogP contribution < -0.4 is 5.73 Å². The molecule has 3 rings (SSSR count). The van der Waals surface area contributed by atoms with Crippen molar-refractivity contribution in [3.05, 3.63) is 53.1 Å². The SMILES string of the molecule is CC1(C)C(N)=N[C@H](c2nc(C3C=CC=C(C#N)C3)ccc2F)CS1(=O)=O. The van der Waals surface area contributed by atoms with Gasteiger partial charge in [0.05, 0.1) is 11.8 Å². The van der Waals surface area contributed by atoms with Crippen LogP contribution >= 0.6 is 0 Å². The fourth-order valence-corrected chi connectivity index (χ4v) is 4.39. The van der Waals surface area contributed by atoms with Gasteiger partial charge in [-0.15, -0.1) is 0 Å². The van der Waals surface area contributed by atoms with E-state index in [0.717, 1.165) is 0 Å². The monoisotopic (exact) mass is 374 g/mol. The second kappa shape index (κ2) is 6.32. The normalized spacial score (nSPS) is 26.5. The molecule has 6 nitrogen and oxygen atoms in total. The van der Waals surface area contributed by atoms with E-state index < -0.39 is 26.4 Å². The van der Waals surface area contributed by atoms with Crippen molar-refractivity contribution in [2.75, 3.05) is 5.75 Å². The molecule has 8 heteroatoms. The number of amidine groups is 1. The van der Waals surface area contributed by atoms with Crippen LogP contribution in [-0.2, 0) is 9.84 Å². The number of hydrogen-bond donors (Lipinski definition) is 1. The van der Waals surface area contributed by atoms with Gasteiger partial charge in [-0.2, -0.15) is 5.26 Å². The molecule has 2 heterocycles. The highest BCUT2D eigenvalue weighted by molar-refractivity contribution is 7.93. The van der Waals surface area contributed by atoms with Crippen LogP contribution in [0.3, 0.4) is 0 Å². The van der Waals surface area contributed by atoms with Crippen molar-refractivity contribution >= 4 is 15.7 Å². The van der Waals surface area contributed by atoms with E-state index in [2.05, 4.69) is 16.0 Å². The molecular weight excluding hydrogens is 355 g/mol. The van der Waals surface area contributed by atoms with Crippen molar-refractivity contribution in [3.8, 4) is 6.07 Å². The lowest BCUT2D eigenvalue weighted by Crippen LogP contribution is -2.50. The van der Waals surface area contributed by atoms with Gasteiger partial charge in [0.2, 0.25) is 0 Å². The highest BCUT2D eigenvalue weighted by Crippen LogP contribution is 2.34. The first-order chi connectivity index (χ1) is 12.2. The van der Waals surface area contributed by atoms with Crippen molar-refractivity contribution in [3.63, 3.8) is 0 Å². The molecule has 2 atom stereocenters. The quantitative estimate of drug-likeness (QED) is 0.854. The summed E-state index contributed by atoms with van der Waals surface area (Å²) >= 11 is 0. The summed E-state index contributed by atoms with van der Waals surface area (Å²) in [5, 5.41) is 9.06. The van der Waals surface area contributed by atoms with Crippen molar-refractivity contribution in [1.82, 2.24) is 4.98 Å². The van der Waals surface area contributed by atoms with Gasteiger partial charge in [0, 0.05) is 17.2 Å². The summed E-state index contributed by atoms with van der Waals surface area (Å²) in [6.07, 6.45) is 5.83. The minimum atomic E-state index is -3.60. The van der Waals surface area contributed by atoms with Crippen molar-refractivity contribution < 1.29 is 12.8 Å². The van der Waals surface area contributed by atoms with Gasteiger partial charge in [-0.25, -0.2) is 12.8 Å². The molecule has 1 unspecified atom stereocenters. The third kappa shape index (κ3) is 3.03. The molecule has 2 N–H and O–H groups in total. The fourth-order valence-electron chi connectivity index (χ4n) is 2.95. The smallest absolute Gasteiger partial charge is 0.165 e. The largest absolute Gasteiger partial charge is 0.386 e. The summed E-state index contributed by atoms with van der Waals surface area (Å²) in [4.78, 5) is 8.56. The number of aliphatic imine (C=N–C) groups is 1.